The average Bonchev–Trinajstić information content (AvgIpc) is 2.66. The molecule has 1 N–H and O–H groups in total. The smallest absolute Gasteiger partial charge is 0.275 e. The first kappa shape index (κ1) is 13.7. The van der Waals surface area contributed by atoms with Crippen LogP contribution in [0.25, 0.3) is 0 Å². The van der Waals surface area contributed by atoms with Crippen molar-refractivity contribution in [3.8, 4) is 0 Å². The number of allylic oxidation sites excluding steroid dienone is 1. The van der Waals surface area contributed by atoms with Crippen molar-refractivity contribution in [2.75, 3.05) is 0 Å². The Balaban J connectivity index is 2.31. The maximum atomic E-state index is 11.4. The summed E-state index contributed by atoms with van der Waals surface area (Å²) >= 11 is 0. The van der Waals surface area contributed by atoms with Gasteiger partial charge in [0.1, 0.15) is 5.82 Å². The van der Waals surface area contributed by atoms with E-state index in [1.807, 2.05) is 0 Å². The van der Waals surface area contributed by atoms with Crippen LogP contribution in [0.1, 0.15) is 51.3 Å². The average molecular weight is 237 g/mol. The van der Waals surface area contributed by atoms with E-state index in [2.05, 4.69) is 23.7 Å². The van der Waals surface area contributed by atoms with E-state index >= 15 is 0 Å². The number of aromatic nitrogens is 3. The molecular formula is C13H23N3O. The third kappa shape index (κ3) is 4.59. The Kier molecular flexibility index (Phi) is 6.37. The Morgan fingerprint density at radius 3 is 2.71 bits per heavy atom. The molecule has 0 saturated heterocycles. The summed E-state index contributed by atoms with van der Waals surface area (Å²) in [5.41, 5.74) is -0.133. The minimum Gasteiger partial charge on any atom is -0.275 e. The lowest BCUT2D eigenvalue weighted by Gasteiger charge is -2.02. The molecule has 0 aliphatic carbocycles. The molecule has 0 spiro atoms. The van der Waals surface area contributed by atoms with Gasteiger partial charge in [-0.25, -0.2) is 9.89 Å². The molecular weight excluding hydrogens is 214 g/mol. The van der Waals surface area contributed by atoms with Gasteiger partial charge in [-0.05, 0) is 6.42 Å². The summed E-state index contributed by atoms with van der Waals surface area (Å²) < 4.78 is 1.65. The number of nitrogens with zero attached hydrogens (tertiary/aromatic N) is 2. The molecule has 17 heavy (non-hydrogen) atoms. The van der Waals surface area contributed by atoms with Crippen molar-refractivity contribution < 1.29 is 0 Å². The van der Waals surface area contributed by atoms with Crippen LogP contribution in [0.3, 0.4) is 0 Å². The van der Waals surface area contributed by atoms with E-state index < -0.39 is 0 Å². The Bertz CT molecular complexity index is 378. The topological polar surface area (TPSA) is 50.7 Å². The second kappa shape index (κ2) is 7.87. The normalized spacial score (nSPS) is 10.6. The number of H-pyrrole nitrogens is 1. The fourth-order valence-corrected chi connectivity index (χ4v) is 1.92. The summed E-state index contributed by atoms with van der Waals surface area (Å²) in [5, 5.41) is 6.54. The van der Waals surface area contributed by atoms with Crippen molar-refractivity contribution in [1.29, 1.82) is 0 Å². The number of aryl methyl sites for hydroxylation is 1. The second-order valence-corrected chi connectivity index (χ2v) is 4.36. The van der Waals surface area contributed by atoms with Crippen molar-refractivity contribution in [1.82, 2.24) is 14.8 Å². The molecule has 0 bridgehead atoms. The molecule has 1 aromatic rings. The quantitative estimate of drug-likeness (QED) is 0.530. The van der Waals surface area contributed by atoms with Crippen LogP contribution in [0.2, 0.25) is 0 Å². The number of unbranched alkanes of at least 4 members (excludes halogenated alkanes) is 5. The molecule has 0 saturated carbocycles. The van der Waals surface area contributed by atoms with Crippen molar-refractivity contribution in [2.45, 2.75) is 58.4 Å². The number of hydrogen-bond donors (Lipinski definition) is 1. The predicted molar refractivity (Wildman–Crippen MR) is 70.1 cm³/mol. The van der Waals surface area contributed by atoms with Crippen LogP contribution >= 0.6 is 0 Å². The van der Waals surface area contributed by atoms with Crippen LogP contribution in [0.4, 0.5) is 0 Å². The van der Waals surface area contributed by atoms with Crippen LogP contribution in [-0.4, -0.2) is 14.8 Å². The summed E-state index contributed by atoms with van der Waals surface area (Å²) in [7, 11) is 0. The minimum atomic E-state index is -0.133. The standard InChI is InChI=1S/C13H23N3O/c1-3-5-6-7-8-9-10-12-14-15-13(17)16(12)11-4-2/h4H,2-3,5-11H2,1H3,(H,15,17). The van der Waals surface area contributed by atoms with Gasteiger partial charge in [0.05, 0.1) is 0 Å². The Labute approximate surface area is 103 Å². The van der Waals surface area contributed by atoms with Crippen LogP contribution in [0.15, 0.2) is 17.4 Å². The fraction of sp³-hybridized carbons (Fsp3) is 0.692. The van der Waals surface area contributed by atoms with Crippen molar-refractivity contribution in [3.05, 3.63) is 29.0 Å². The van der Waals surface area contributed by atoms with Gasteiger partial charge in [0.15, 0.2) is 0 Å². The molecule has 0 aromatic carbocycles. The van der Waals surface area contributed by atoms with Gasteiger partial charge in [-0.3, -0.25) is 4.57 Å². The number of aromatic amines is 1. The van der Waals surface area contributed by atoms with E-state index in [4.69, 9.17) is 0 Å². The summed E-state index contributed by atoms with van der Waals surface area (Å²) in [5.74, 6) is 0.852. The highest BCUT2D eigenvalue weighted by Crippen LogP contribution is 2.07. The Hall–Kier alpha value is -1.32. The largest absolute Gasteiger partial charge is 0.343 e. The highest BCUT2D eigenvalue weighted by Gasteiger charge is 2.05. The van der Waals surface area contributed by atoms with Gasteiger partial charge in [-0.15, -0.1) is 6.58 Å². The van der Waals surface area contributed by atoms with Gasteiger partial charge < -0.3 is 0 Å². The fourth-order valence-electron chi connectivity index (χ4n) is 1.92. The zero-order valence-corrected chi connectivity index (χ0v) is 10.7. The van der Waals surface area contributed by atoms with Gasteiger partial charge in [-0.2, -0.15) is 5.10 Å². The maximum Gasteiger partial charge on any atom is 0.343 e. The van der Waals surface area contributed by atoms with E-state index in [0.29, 0.717) is 6.54 Å². The molecule has 0 aliphatic rings. The molecule has 0 fully saturated rings. The second-order valence-electron chi connectivity index (χ2n) is 4.36. The molecule has 0 aliphatic heterocycles. The zero-order chi connectivity index (χ0) is 12.5. The summed E-state index contributed by atoms with van der Waals surface area (Å²) in [6.07, 6.45) is 10.1. The molecule has 4 nitrogen and oxygen atoms in total. The number of rotatable bonds is 9. The molecule has 0 atom stereocenters. The monoisotopic (exact) mass is 237 g/mol. The van der Waals surface area contributed by atoms with Gasteiger partial charge >= 0.3 is 5.69 Å². The first-order valence-corrected chi connectivity index (χ1v) is 6.54. The number of hydrogen-bond acceptors (Lipinski definition) is 2. The Morgan fingerprint density at radius 1 is 1.29 bits per heavy atom. The molecule has 0 radical (unpaired) electrons. The first-order chi connectivity index (χ1) is 8.29. The lowest BCUT2D eigenvalue weighted by Crippen LogP contribution is -2.18. The third-order valence-corrected chi connectivity index (χ3v) is 2.90. The molecule has 1 aromatic heterocycles. The SMILES string of the molecule is C=CCn1c(CCCCCCCC)n[nH]c1=O. The first-order valence-electron chi connectivity index (χ1n) is 6.54. The summed E-state index contributed by atoms with van der Waals surface area (Å²) in [4.78, 5) is 11.4. The van der Waals surface area contributed by atoms with E-state index in [0.717, 1.165) is 18.7 Å². The van der Waals surface area contributed by atoms with Crippen molar-refractivity contribution in [2.24, 2.45) is 0 Å². The summed E-state index contributed by atoms with van der Waals surface area (Å²) in [6, 6.07) is 0. The van der Waals surface area contributed by atoms with Crippen LogP contribution in [0, 0.1) is 0 Å². The lowest BCUT2D eigenvalue weighted by atomic mass is 10.1. The van der Waals surface area contributed by atoms with Gasteiger partial charge in [0.25, 0.3) is 0 Å². The molecule has 1 rings (SSSR count). The molecule has 1 heterocycles. The van der Waals surface area contributed by atoms with Crippen LogP contribution in [0.5, 0.6) is 0 Å². The van der Waals surface area contributed by atoms with Gasteiger partial charge in [0, 0.05) is 13.0 Å². The van der Waals surface area contributed by atoms with Gasteiger partial charge in [0.2, 0.25) is 0 Å². The number of nitrogens with one attached hydrogen (secondary N) is 1. The predicted octanol–water partition coefficient (Wildman–Crippen LogP) is 2.66. The van der Waals surface area contributed by atoms with E-state index in [1.165, 1.54) is 32.1 Å². The highest BCUT2D eigenvalue weighted by molar-refractivity contribution is 4.89. The summed E-state index contributed by atoms with van der Waals surface area (Å²) in [6.45, 7) is 6.41. The van der Waals surface area contributed by atoms with Crippen LogP contribution in [-0.2, 0) is 13.0 Å². The van der Waals surface area contributed by atoms with Gasteiger partial charge in [-0.1, -0.05) is 45.1 Å². The maximum absolute atomic E-state index is 11.4. The van der Waals surface area contributed by atoms with Crippen LogP contribution < -0.4 is 5.69 Å². The highest BCUT2D eigenvalue weighted by atomic mass is 16.1. The van der Waals surface area contributed by atoms with Crippen molar-refractivity contribution in [3.63, 3.8) is 0 Å². The lowest BCUT2D eigenvalue weighted by molar-refractivity contribution is 0.589. The van der Waals surface area contributed by atoms with E-state index in [1.54, 1.807) is 10.6 Å². The van der Waals surface area contributed by atoms with Crippen molar-refractivity contribution >= 4 is 0 Å². The molecule has 96 valence electrons. The Morgan fingerprint density at radius 2 is 2.00 bits per heavy atom. The van der Waals surface area contributed by atoms with E-state index in [9.17, 15) is 4.79 Å². The zero-order valence-electron chi connectivity index (χ0n) is 10.7. The van der Waals surface area contributed by atoms with E-state index in [-0.39, 0.29) is 5.69 Å². The molecule has 0 amide bonds. The third-order valence-electron chi connectivity index (χ3n) is 2.90. The minimum absolute atomic E-state index is 0.133. The molecule has 0 unspecified atom stereocenters. The molecule has 4 heteroatoms.